The molecule has 700 valence electrons. The van der Waals surface area contributed by atoms with E-state index < -0.39 is 155 Å². The second-order valence-electron chi connectivity index (χ2n) is 43.4. The predicted octanol–water partition coefficient (Wildman–Crippen LogP) is 20.4. The topological polar surface area (TPSA) is 219 Å². The first kappa shape index (κ1) is 103. The molecule has 0 spiro atoms. The first-order chi connectivity index (χ1) is 57.2. The number of fused-ring (bicyclic) bond motifs is 1. The summed E-state index contributed by atoms with van der Waals surface area (Å²) in [5.74, 6) is -2.98. The minimum Gasteiger partial charge on any atom is -0.462 e. The zero-order chi connectivity index (χ0) is 91.0. The monoisotopic (exact) mass is 1790 g/mol. The first-order valence-electron chi connectivity index (χ1n) is 46.3. The predicted molar refractivity (Wildman–Crippen MR) is 490 cm³/mol. The Bertz CT molecular complexity index is 3700. The van der Waals surface area contributed by atoms with Gasteiger partial charge in [0.25, 0.3) is 0 Å². The van der Waals surface area contributed by atoms with E-state index in [2.05, 4.69) is 208 Å². The molecular formula is C97H164O22Si4. The zero-order valence-electron chi connectivity index (χ0n) is 81.5. The molecule has 0 radical (unpaired) electrons. The van der Waals surface area contributed by atoms with Crippen LogP contribution in [0.2, 0.25) is 72.5 Å². The van der Waals surface area contributed by atoms with Crippen molar-refractivity contribution in [3.05, 3.63) is 108 Å². The Balaban J connectivity index is 0.888. The number of carbonyl (C=O) groups excluding carboxylic acids is 2. The summed E-state index contributed by atoms with van der Waals surface area (Å²) in [4.78, 5) is 30.3. The van der Waals surface area contributed by atoms with Gasteiger partial charge in [-0.05, 0) is 142 Å². The van der Waals surface area contributed by atoms with Gasteiger partial charge in [0.2, 0.25) is 0 Å². The van der Waals surface area contributed by atoms with Gasteiger partial charge in [0.15, 0.2) is 57.9 Å². The Morgan fingerprint density at radius 3 is 1.41 bits per heavy atom. The highest BCUT2D eigenvalue weighted by molar-refractivity contribution is 6.75. The van der Waals surface area contributed by atoms with Crippen molar-refractivity contribution in [3.8, 4) is 0 Å². The summed E-state index contributed by atoms with van der Waals surface area (Å²) < 4.78 is 139. The van der Waals surface area contributed by atoms with Crippen LogP contribution in [0.5, 0.6) is 0 Å². The van der Waals surface area contributed by atoms with Crippen molar-refractivity contribution in [1.29, 1.82) is 0 Å². The van der Waals surface area contributed by atoms with Crippen LogP contribution in [0.15, 0.2) is 91.0 Å². The highest BCUT2D eigenvalue weighted by Gasteiger charge is 2.60. The van der Waals surface area contributed by atoms with E-state index in [9.17, 15) is 0 Å². The van der Waals surface area contributed by atoms with Crippen molar-refractivity contribution in [2.45, 2.75) is 431 Å². The summed E-state index contributed by atoms with van der Waals surface area (Å²) in [7, 11) is -9.71. The second-order valence-corrected chi connectivity index (χ2v) is 62.5. The fraction of sp³-hybridized carbons (Fsp3) is 0.794. The molecule has 6 heterocycles. The van der Waals surface area contributed by atoms with Crippen LogP contribution in [0.1, 0.15) is 221 Å². The van der Waals surface area contributed by atoms with Crippen LogP contribution in [0.25, 0.3) is 0 Å². The number of rotatable bonds is 40. The Morgan fingerprint density at radius 2 is 0.911 bits per heavy atom. The van der Waals surface area contributed by atoms with E-state index in [1.807, 2.05) is 101 Å². The van der Waals surface area contributed by atoms with Gasteiger partial charge in [0.05, 0.1) is 115 Å². The van der Waals surface area contributed by atoms with Crippen LogP contribution < -0.4 is 0 Å². The Hall–Kier alpha value is -3.25. The SMILES string of the molecule is CC[C@H](C)[C@H](C[C@@H](CC(=O)O[C@H]1C(C)OCC(O[C@@H]2OC(C)[C@H](O[C@@H]3OC[C@H](OCc4ccccc4)C(O[C@@H]4OC[C@H](OCc5ccccc5)C(OCc5ccccc5)C4C)C3C)C3OC(C)(C)OC32)C1C)O[Si](C)(C)C(C)(C)C)OC(=O)C[C@H](C[C@H](OC1(C)CO[C@H](CO[Si](C)(C)C(C)(C)C)C1O[Si](C)(C)C(C)(C)C)[C@@H](C)CC)O[Si](C)(C)C(C)(C)C. The molecule has 0 aromatic heterocycles. The van der Waals surface area contributed by atoms with Crippen molar-refractivity contribution >= 4 is 45.2 Å². The molecule has 0 aliphatic carbocycles. The van der Waals surface area contributed by atoms with Gasteiger partial charge in [-0.25, -0.2) is 0 Å². The molecule has 0 saturated carbocycles. The molecule has 3 aromatic carbocycles. The van der Waals surface area contributed by atoms with Gasteiger partial charge >= 0.3 is 11.9 Å². The number of ether oxygens (including phenoxy) is 16. The Kier molecular flexibility index (Phi) is 36.1. The van der Waals surface area contributed by atoms with Crippen molar-refractivity contribution in [2.24, 2.45) is 29.6 Å². The van der Waals surface area contributed by atoms with Crippen LogP contribution in [0.4, 0.5) is 0 Å². The summed E-state index contributed by atoms with van der Waals surface area (Å²) >= 11 is 0. The second kappa shape index (κ2) is 43.0. The van der Waals surface area contributed by atoms with E-state index in [4.69, 9.17) is 93.5 Å². The Labute approximate surface area is 745 Å². The van der Waals surface area contributed by atoms with Crippen LogP contribution in [-0.4, -0.2) is 212 Å². The number of hydrogen-bond acceptors (Lipinski definition) is 22. The molecule has 26 heteroatoms. The van der Waals surface area contributed by atoms with Gasteiger partial charge in [-0.15, -0.1) is 0 Å². The van der Waals surface area contributed by atoms with Crippen LogP contribution >= 0.6 is 0 Å². The van der Waals surface area contributed by atoms with Crippen molar-refractivity contribution in [3.63, 3.8) is 0 Å². The first-order valence-corrected chi connectivity index (χ1v) is 57.9. The third-order valence-electron chi connectivity index (χ3n) is 28.9. The molecule has 6 aliphatic rings. The molecule has 6 fully saturated rings. The summed E-state index contributed by atoms with van der Waals surface area (Å²) in [6.45, 7) is 71.8. The molecule has 123 heavy (non-hydrogen) atoms. The van der Waals surface area contributed by atoms with E-state index in [0.29, 0.717) is 45.9 Å². The lowest BCUT2D eigenvalue weighted by molar-refractivity contribution is -0.351. The van der Waals surface area contributed by atoms with E-state index in [1.165, 1.54) is 0 Å². The van der Waals surface area contributed by atoms with Crippen LogP contribution in [0, 0.1) is 29.6 Å². The molecule has 0 amide bonds. The Morgan fingerprint density at radius 1 is 0.472 bits per heavy atom. The fourth-order valence-electron chi connectivity index (χ4n) is 16.2. The van der Waals surface area contributed by atoms with Gasteiger partial charge in [0.1, 0.15) is 60.5 Å². The van der Waals surface area contributed by atoms with E-state index >= 15 is 9.59 Å². The highest BCUT2D eigenvalue weighted by Crippen LogP contribution is 2.49. The van der Waals surface area contributed by atoms with Crippen LogP contribution in [-0.2, 0) is 123 Å². The lowest BCUT2D eigenvalue weighted by Crippen LogP contribution is -2.62. The molecule has 0 bridgehead atoms. The third-order valence-corrected chi connectivity index (χ3v) is 47.0. The third kappa shape index (κ3) is 27.5. The quantitative estimate of drug-likeness (QED) is 0.0382. The highest BCUT2D eigenvalue weighted by atomic mass is 28.4. The molecule has 6 aliphatic heterocycles. The van der Waals surface area contributed by atoms with Gasteiger partial charge in [-0.2, -0.15) is 0 Å². The summed E-state index contributed by atoms with van der Waals surface area (Å²) in [5, 5.41) is -0.469. The molecule has 6 saturated heterocycles. The summed E-state index contributed by atoms with van der Waals surface area (Å²) in [6.07, 6.45) is -9.64. The van der Waals surface area contributed by atoms with E-state index in [1.54, 1.807) is 0 Å². The van der Waals surface area contributed by atoms with Gasteiger partial charge in [-0.3, -0.25) is 9.59 Å². The fourth-order valence-corrected chi connectivity index (χ4v) is 21.4. The maximum Gasteiger partial charge on any atom is 0.308 e. The van der Waals surface area contributed by atoms with E-state index in [0.717, 1.165) is 23.1 Å². The van der Waals surface area contributed by atoms with Gasteiger partial charge < -0.3 is 93.5 Å². The lowest BCUT2D eigenvalue weighted by Gasteiger charge is -2.48. The average Bonchev–Trinajstić information content (AvgIpc) is 1.62. The standard InChI is InChI=1S/C97H164O22Si4/c1-33-62(3)74(109-80(98)52-73(118-122(29,30)94(16,17)18)51-75(63(4)34-2)114-97(24)61-106-79(60-107-120(25,26)92(10,11)12)88(97)119-123(31,32)95(19,20)21)50-72(117-121(27,28)93(13,14)15)53-81(99)111-82-64(5)76(57-100-67(82)8)110-91-87-86(115-96(22,23)116-87)85(68(9)108-91)113-90-66(7)84(78(59-105-90)102-55-70-46-40-36-41-47-70)112-89-65(6)83(103-56-71-48-42-37-43-49-71)77(58-104-89)101-54-69-44-38-35-39-45-69/h35-49,62-68,72-79,82-91H,33-34,50-61H2,1-32H3/t62-,63-,64?,65?,66?,67?,68?,72-,73-,74-,75-,76?,77-,78-,79+,82+,83?,84?,85-,86?,87?,88?,89-,90-,91-,97?/m0/s1. The summed E-state index contributed by atoms with van der Waals surface area (Å²) in [6, 6.07) is 30.3. The lowest BCUT2D eigenvalue weighted by atomic mass is 9.91. The smallest absolute Gasteiger partial charge is 0.308 e. The van der Waals surface area contributed by atoms with Crippen molar-refractivity contribution in [1.82, 2.24) is 0 Å². The van der Waals surface area contributed by atoms with Crippen molar-refractivity contribution < 1.29 is 103 Å². The number of hydrogen-bond donors (Lipinski definition) is 0. The van der Waals surface area contributed by atoms with Crippen LogP contribution in [0.3, 0.4) is 0 Å². The zero-order valence-corrected chi connectivity index (χ0v) is 85.5. The molecular weight excluding hydrogens is 1630 g/mol. The molecule has 22 nitrogen and oxygen atoms in total. The minimum absolute atomic E-state index is 0.000623. The number of benzene rings is 3. The molecule has 0 N–H and O–H groups in total. The minimum atomic E-state index is -2.60. The number of esters is 2. The largest absolute Gasteiger partial charge is 0.462 e. The maximum absolute atomic E-state index is 15.3. The summed E-state index contributed by atoms with van der Waals surface area (Å²) in [5.41, 5.74) is 2.28. The molecule has 26 atom stereocenters. The molecule has 9 rings (SSSR count). The van der Waals surface area contributed by atoms with Crippen molar-refractivity contribution in [2.75, 3.05) is 33.0 Å². The number of carbonyl (C=O) groups is 2. The van der Waals surface area contributed by atoms with Gasteiger partial charge in [0, 0.05) is 24.2 Å². The van der Waals surface area contributed by atoms with E-state index in [-0.39, 0.29) is 113 Å². The molecule has 3 aromatic rings. The van der Waals surface area contributed by atoms with Gasteiger partial charge in [-0.1, -0.05) is 235 Å². The molecule has 12 unspecified atom stereocenters. The normalized spacial score (nSPS) is 31.6. The maximum atomic E-state index is 15.3. The average molecular weight is 1790 g/mol.